The first-order valence-electron chi connectivity index (χ1n) is 9.62. The largest absolute Gasteiger partial charge is 0.481 e. The maximum atomic E-state index is 12.7. The van der Waals surface area contributed by atoms with Crippen LogP contribution in [0.1, 0.15) is 51.4 Å². The Morgan fingerprint density at radius 2 is 1.74 bits per heavy atom. The lowest BCUT2D eigenvalue weighted by Crippen LogP contribution is -2.64. The van der Waals surface area contributed by atoms with Crippen LogP contribution in [0.5, 0.6) is 0 Å². The van der Waals surface area contributed by atoms with E-state index in [0.29, 0.717) is 17.8 Å². The first-order valence-corrected chi connectivity index (χ1v) is 9.62. The molecule has 0 radical (unpaired) electrons. The summed E-state index contributed by atoms with van der Waals surface area (Å²) in [5.41, 5.74) is -0.526. The number of hydrogen-bond acceptors (Lipinski definition) is 1. The maximum Gasteiger partial charge on any atom is 0.310 e. The lowest BCUT2D eigenvalue weighted by molar-refractivity contribution is -0.206. The summed E-state index contributed by atoms with van der Waals surface area (Å²) in [7, 11) is 0. The van der Waals surface area contributed by atoms with Crippen LogP contribution >= 0.6 is 0 Å². The van der Waals surface area contributed by atoms with Crippen molar-refractivity contribution in [3.63, 3.8) is 0 Å². The Morgan fingerprint density at radius 1 is 1.09 bits per heavy atom. The number of allylic oxidation sites excluding steroid dienone is 3. The average molecular weight is 312 g/mol. The second-order valence-electron chi connectivity index (χ2n) is 9.31. The van der Waals surface area contributed by atoms with Gasteiger partial charge in [0, 0.05) is 0 Å². The van der Waals surface area contributed by atoms with Crippen molar-refractivity contribution in [1.29, 1.82) is 0 Å². The molecule has 6 aliphatic carbocycles. The molecule has 6 rings (SSSR count). The molecule has 0 aliphatic heterocycles. The third-order valence-corrected chi connectivity index (χ3v) is 8.68. The highest BCUT2D eigenvalue weighted by Crippen LogP contribution is 2.74. The fourth-order valence-electron chi connectivity index (χ4n) is 8.34. The minimum Gasteiger partial charge on any atom is -0.481 e. The average Bonchev–Trinajstić information content (AvgIpc) is 3.11. The van der Waals surface area contributed by atoms with Gasteiger partial charge in [0.25, 0.3) is 0 Å². The molecule has 1 N–H and O–H groups in total. The lowest BCUT2D eigenvalue weighted by Gasteiger charge is -2.67. The number of aliphatic carboxylic acids is 1. The van der Waals surface area contributed by atoms with Gasteiger partial charge in [-0.15, -0.1) is 6.58 Å². The SMILES string of the molecule is C=CCC1(C2(C(=O)O)CC3C=CC2C3)C2CC3CC(C2)CC1C3. The number of carbonyl (C=O) groups is 1. The van der Waals surface area contributed by atoms with Gasteiger partial charge in [-0.2, -0.15) is 0 Å². The van der Waals surface area contributed by atoms with Crippen LogP contribution in [0.4, 0.5) is 0 Å². The number of carboxylic acids is 1. The highest BCUT2D eigenvalue weighted by Gasteiger charge is 2.71. The van der Waals surface area contributed by atoms with Crippen LogP contribution in [0, 0.1) is 46.3 Å². The zero-order valence-corrected chi connectivity index (χ0v) is 13.9. The number of rotatable bonds is 4. The molecule has 0 heterocycles. The maximum absolute atomic E-state index is 12.7. The summed E-state index contributed by atoms with van der Waals surface area (Å²) in [6.45, 7) is 4.07. The summed E-state index contributed by atoms with van der Waals surface area (Å²) in [6, 6.07) is 0. The van der Waals surface area contributed by atoms with E-state index in [1.807, 2.05) is 0 Å². The molecular formula is C21H28O2. The molecule has 124 valence electrons. The number of fused-ring (bicyclic) bond motifs is 2. The van der Waals surface area contributed by atoms with Crippen LogP contribution in [-0.4, -0.2) is 11.1 Å². The molecule has 0 spiro atoms. The van der Waals surface area contributed by atoms with Crippen LogP contribution in [0.15, 0.2) is 24.8 Å². The molecule has 0 aromatic rings. The van der Waals surface area contributed by atoms with Gasteiger partial charge >= 0.3 is 5.97 Å². The molecule has 5 fully saturated rings. The van der Waals surface area contributed by atoms with Gasteiger partial charge in [-0.25, -0.2) is 0 Å². The van der Waals surface area contributed by atoms with Crippen molar-refractivity contribution in [3.8, 4) is 0 Å². The molecule has 2 nitrogen and oxygen atoms in total. The van der Waals surface area contributed by atoms with E-state index in [9.17, 15) is 9.90 Å². The second-order valence-corrected chi connectivity index (χ2v) is 9.31. The van der Waals surface area contributed by atoms with Crippen molar-refractivity contribution in [2.24, 2.45) is 46.3 Å². The zero-order chi connectivity index (χ0) is 15.8. The van der Waals surface area contributed by atoms with Crippen LogP contribution < -0.4 is 0 Å². The standard InChI is InChI=1S/C21H28O2/c1-2-5-20(17-8-14-6-15(10-17)11-18(20)9-14)21(19(22)23)12-13-3-4-16(21)7-13/h2-4,13-18H,1,5-12H2,(H,22,23). The normalized spacial score (nSPS) is 55.5. The summed E-state index contributed by atoms with van der Waals surface area (Å²) >= 11 is 0. The van der Waals surface area contributed by atoms with Crippen molar-refractivity contribution < 1.29 is 9.90 Å². The van der Waals surface area contributed by atoms with E-state index in [-0.39, 0.29) is 11.3 Å². The summed E-state index contributed by atoms with van der Waals surface area (Å²) in [6.07, 6.45) is 16.1. The molecular weight excluding hydrogens is 284 g/mol. The molecule has 0 aromatic heterocycles. The monoisotopic (exact) mass is 312 g/mol. The predicted octanol–water partition coefficient (Wildman–Crippen LogP) is 4.67. The second kappa shape index (κ2) is 4.52. The fraction of sp³-hybridized carbons (Fsp3) is 0.762. The molecule has 23 heavy (non-hydrogen) atoms. The number of carboxylic acid groups (broad SMARTS) is 1. The zero-order valence-electron chi connectivity index (χ0n) is 13.9. The van der Waals surface area contributed by atoms with Crippen molar-refractivity contribution in [3.05, 3.63) is 24.8 Å². The Kier molecular flexibility index (Phi) is 2.81. The van der Waals surface area contributed by atoms with Crippen LogP contribution in [0.3, 0.4) is 0 Å². The Morgan fingerprint density at radius 3 is 2.17 bits per heavy atom. The van der Waals surface area contributed by atoms with E-state index in [0.717, 1.165) is 31.1 Å². The van der Waals surface area contributed by atoms with E-state index in [1.165, 1.54) is 32.1 Å². The topological polar surface area (TPSA) is 37.3 Å². The van der Waals surface area contributed by atoms with Crippen molar-refractivity contribution in [2.75, 3.05) is 0 Å². The first-order chi connectivity index (χ1) is 11.1. The van der Waals surface area contributed by atoms with Gasteiger partial charge in [0.1, 0.15) is 0 Å². The highest BCUT2D eigenvalue weighted by atomic mass is 16.4. The van der Waals surface area contributed by atoms with Gasteiger partial charge in [-0.05, 0) is 92.3 Å². The molecule has 3 atom stereocenters. The number of hydrogen-bond donors (Lipinski definition) is 1. The van der Waals surface area contributed by atoms with Crippen molar-refractivity contribution in [1.82, 2.24) is 0 Å². The molecule has 5 saturated carbocycles. The first kappa shape index (κ1) is 14.3. The minimum absolute atomic E-state index is 0.0157. The molecule has 3 unspecified atom stereocenters. The third kappa shape index (κ3) is 1.54. The van der Waals surface area contributed by atoms with Crippen molar-refractivity contribution >= 4 is 5.97 Å². The van der Waals surface area contributed by atoms with Gasteiger partial charge in [0.15, 0.2) is 0 Å². The summed E-state index contributed by atoms with van der Waals surface area (Å²) in [5.74, 6) is 3.30. The van der Waals surface area contributed by atoms with Crippen molar-refractivity contribution in [2.45, 2.75) is 51.4 Å². The molecule has 6 bridgehead atoms. The third-order valence-electron chi connectivity index (χ3n) is 8.68. The lowest BCUT2D eigenvalue weighted by atomic mass is 9.36. The van der Waals surface area contributed by atoms with Gasteiger partial charge < -0.3 is 5.11 Å². The van der Waals surface area contributed by atoms with Gasteiger partial charge in [0.2, 0.25) is 0 Å². The summed E-state index contributed by atoms with van der Waals surface area (Å²) in [5, 5.41) is 10.5. The van der Waals surface area contributed by atoms with Crippen LogP contribution in [0.25, 0.3) is 0 Å². The smallest absolute Gasteiger partial charge is 0.310 e. The molecule has 6 aliphatic rings. The molecule has 0 amide bonds. The van der Waals surface area contributed by atoms with Gasteiger partial charge in [0.05, 0.1) is 5.41 Å². The van der Waals surface area contributed by atoms with Gasteiger partial charge in [-0.1, -0.05) is 18.2 Å². The Bertz CT molecular complexity index is 561. The molecule has 0 aromatic carbocycles. The molecule has 0 saturated heterocycles. The predicted molar refractivity (Wildman–Crippen MR) is 89.7 cm³/mol. The highest BCUT2D eigenvalue weighted by molar-refractivity contribution is 5.78. The fourth-order valence-corrected chi connectivity index (χ4v) is 8.34. The minimum atomic E-state index is -0.511. The van der Waals surface area contributed by atoms with E-state index in [4.69, 9.17) is 0 Å². The molecule has 2 heteroatoms. The van der Waals surface area contributed by atoms with E-state index in [1.54, 1.807) is 0 Å². The quantitative estimate of drug-likeness (QED) is 0.766. The summed E-state index contributed by atoms with van der Waals surface area (Å²) < 4.78 is 0. The van der Waals surface area contributed by atoms with Gasteiger partial charge in [-0.3, -0.25) is 4.79 Å². The van der Waals surface area contributed by atoms with Crippen LogP contribution in [-0.2, 0) is 4.79 Å². The van der Waals surface area contributed by atoms with E-state index in [2.05, 4.69) is 24.8 Å². The van der Waals surface area contributed by atoms with Crippen LogP contribution in [0.2, 0.25) is 0 Å². The summed E-state index contributed by atoms with van der Waals surface area (Å²) in [4.78, 5) is 12.7. The Hall–Kier alpha value is -1.05. The Labute approximate surface area is 139 Å². The Balaban J connectivity index is 1.68. The van der Waals surface area contributed by atoms with E-state index >= 15 is 0 Å². The van der Waals surface area contributed by atoms with E-state index < -0.39 is 11.4 Å².